The van der Waals surface area contributed by atoms with Gasteiger partial charge in [0, 0.05) is 0 Å². The summed E-state index contributed by atoms with van der Waals surface area (Å²) in [7, 11) is 0. The zero-order valence-corrected chi connectivity index (χ0v) is 14.4. The molecule has 0 radical (unpaired) electrons. The van der Waals surface area contributed by atoms with Gasteiger partial charge >= 0.3 is 63.9 Å². The molecule has 0 fully saturated rings. The van der Waals surface area contributed by atoms with Crippen LogP contribution in [0.5, 0.6) is 0 Å². The molecule has 12 heavy (non-hydrogen) atoms. The molecule has 0 spiro atoms. The van der Waals surface area contributed by atoms with Gasteiger partial charge in [-0.1, -0.05) is 0 Å². The van der Waals surface area contributed by atoms with Crippen molar-refractivity contribution in [2.75, 3.05) is 0 Å². The summed E-state index contributed by atoms with van der Waals surface area (Å²) in [6.45, 7) is 13.3. The first-order chi connectivity index (χ1) is 5.21. The van der Waals surface area contributed by atoms with E-state index in [0.29, 0.717) is 11.8 Å². The van der Waals surface area contributed by atoms with E-state index in [0.717, 1.165) is 0 Å². The summed E-state index contributed by atoms with van der Waals surface area (Å²) in [4.78, 5) is 0. The molecule has 0 saturated carbocycles. The van der Waals surface area contributed by atoms with Crippen molar-refractivity contribution in [3.63, 3.8) is 0 Å². The maximum atomic E-state index is 5.32. The Morgan fingerprint density at radius 2 is 0.917 bits per heavy atom. The van der Waals surface area contributed by atoms with E-state index < -0.39 is 0 Å². The van der Waals surface area contributed by atoms with Crippen molar-refractivity contribution >= 4 is 0 Å². The third kappa shape index (κ3) is 7.92. The summed E-state index contributed by atoms with van der Waals surface area (Å²) < 4.78 is -1.50. The molecule has 2 nitrogen and oxygen atoms in total. The van der Waals surface area contributed by atoms with Gasteiger partial charge in [-0.25, -0.2) is 0 Å². The van der Waals surface area contributed by atoms with Gasteiger partial charge < -0.3 is 0 Å². The van der Waals surface area contributed by atoms with Gasteiger partial charge in [0.1, 0.15) is 0 Å². The Labute approximate surface area is 64.8 Å². The third-order valence-electron chi connectivity index (χ3n) is 0.513. The van der Waals surface area contributed by atoms with E-state index in [4.69, 9.17) is 10.5 Å². The Balaban J connectivity index is 3.35. The van der Waals surface area contributed by atoms with Crippen LogP contribution in [0.4, 0.5) is 0 Å². The minimum absolute atomic E-state index is 0.374. The molecule has 0 aromatic rings. The topological polar surface area (TPSA) is 18.5 Å². The van der Waals surface area contributed by atoms with Crippen molar-refractivity contribution in [3.8, 4) is 0 Å². The van der Waals surface area contributed by atoms with E-state index in [1.807, 2.05) is 0 Å². The molecule has 0 aliphatic carbocycles. The van der Waals surface area contributed by atoms with Crippen molar-refractivity contribution in [2.45, 2.75) is 53.4 Å². The van der Waals surface area contributed by atoms with Crippen LogP contribution in [0.3, 0.4) is 0 Å². The zero-order valence-electron chi connectivity index (χ0n) is 8.52. The van der Waals surface area contributed by atoms with Crippen molar-refractivity contribution in [1.82, 2.24) is 0 Å². The zero-order chi connectivity index (χ0) is 9.83. The van der Waals surface area contributed by atoms with Crippen molar-refractivity contribution in [3.05, 3.63) is 0 Å². The monoisotopic (exact) mass is 632 g/mol. The van der Waals surface area contributed by atoms with Crippen LogP contribution < -0.4 is 0 Å². The SMILES string of the molecule is C[C](C)(C)[Cm][O][O][Cm][C](C)(C)C. The summed E-state index contributed by atoms with van der Waals surface area (Å²) in [6, 6.07) is 0. The predicted molar refractivity (Wildman–Crippen MR) is 41.6 cm³/mol. The molecule has 0 aliphatic rings. The van der Waals surface area contributed by atoms with Gasteiger partial charge in [-0.2, -0.15) is 0 Å². The summed E-state index contributed by atoms with van der Waals surface area (Å²) in [6.07, 6.45) is 0. The first kappa shape index (κ1) is 9.92. The predicted octanol–water partition coefficient (Wildman–Crippen LogP) is 3.37. The molecule has 0 unspecified atom stereocenters. The second-order valence-electron chi connectivity index (χ2n) is 4.32. The van der Waals surface area contributed by atoms with Crippen LogP contribution in [-0.4, -0.2) is 0 Å². The van der Waals surface area contributed by atoms with E-state index >= 15 is 0 Å². The molecule has 0 aliphatic heterocycles. The summed E-state index contributed by atoms with van der Waals surface area (Å²) >= 11 is 0. The molecule has 0 N–H and O–H groups in total. The quantitative estimate of drug-likeness (QED) is 0.268. The van der Waals surface area contributed by atoms with Crippen LogP contribution in [0, 0.1) is 0 Å². The first-order valence-corrected chi connectivity index (χ1v) is 9.16. The van der Waals surface area contributed by atoms with Gasteiger partial charge in [0.2, 0.25) is 0 Å². The normalized spacial score (nSPS) is 12.2. The fourth-order valence-corrected chi connectivity index (χ4v) is 3.46. The Hall–Kier alpha value is -2.08. The number of hydrogen-bond donors (Lipinski definition) is 0. The second kappa shape index (κ2) is 2.89. The molecule has 0 aromatic heterocycles. The fourth-order valence-electron chi connectivity index (χ4n) is 0.198. The molecule has 0 atom stereocenters. The molecular weight excluding hydrogens is 622 g/mol. The maximum absolute atomic E-state index is 5.32. The molecule has 0 aromatic carbocycles. The standard InChI is InChI=1S/2C4H9.2Cm.O2/c2*1-4(2)3;;;1-2/h2*1-3H3;;;/q;;2*+1;-2. The van der Waals surface area contributed by atoms with Crippen molar-refractivity contribution in [2.24, 2.45) is 0 Å². The van der Waals surface area contributed by atoms with Crippen molar-refractivity contribution < 1.29 is 10.5 Å². The molecule has 0 heterocycles. The number of hydrogen-bond acceptors (Lipinski definition) is 2. The van der Waals surface area contributed by atoms with Gasteiger partial charge in [-0.3, -0.25) is 0 Å². The van der Waals surface area contributed by atoms with Gasteiger partial charge in [0.05, 0.1) is 0 Å². The fraction of sp³-hybridized carbons (Fsp3) is 1.00. The molecule has 0 bridgehead atoms. The Morgan fingerprint density at radius 3 is 1.08 bits per heavy atom. The third-order valence-corrected chi connectivity index (χ3v) is 6.40. The van der Waals surface area contributed by atoms with Gasteiger partial charge in [0.15, 0.2) is 0 Å². The first-order valence-electron chi connectivity index (χ1n) is 3.81. The molecule has 0 saturated heterocycles. The van der Waals surface area contributed by atoms with Crippen LogP contribution in [0.2, 0.25) is 11.8 Å². The minimum atomic E-state index is -0.751. The van der Waals surface area contributed by atoms with E-state index in [2.05, 4.69) is 41.5 Å². The van der Waals surface area contributed by atoms with Gasteiger partial charge in [-0.15, -0.1) is 0 Å². The van der Waals surface area contributed by atoms with Crippen LogP contribution in [0.25, 0.3) is 0 Å². The van der Waals surface area contributed by atoms with Crippen LogP contribution in [0.1, 0.15) is 41.5 Å². The van der Waals surface area contributed by atoms with Crippen molar-refractivity contribution in [1.29, 1.82) is 0 Å². The van der Waals surface area contributed by atoms with E-state index in [1.165, 1.54) is 0 Å². The summed E-state index contributed by atoms with van der Waals surface area (Å²) in [5, 5.41) is 10.6. The average Bonchev–Trinajstić information content (AvgIpc) is 1.76. The summed E-state index contributed by atoms with van der Waals surface area (Å²) in [5.41, 5.74) is 0. The van der Waals surface area contributed by atoms with E-state index in [9.17, 15) is 0 Å². The Morgan fingerprint density at radius 1 is 0.667 bits per heavy atom. The average molecular weight is 640 g/mol. The molecule has 78 valence electrons. The second-order valence-corrected chi connectivity index (χ2v) is 15.3. The molecule has 4 heteroatoms. The molecule has 0 rings (SSSR count). The van der Waals surface area contributed by atoms with E-state index in [-0.39, 0.29) is 0 Å². The Kier molecular flexibility index (Phi) is 2.39. The van der Waals surface area contributed by atoms with Gasteiger partial charge in [0.25, 0.3) is 0 Å². The molecule has 0 amide bonds. The van der Waals surface area contributed by atoms with E-state index in [1.54, 1.807) is 0 Å². The number of rotatable bonds is 3. The Bertz CT molecular complexity index is 108. The molecular formula is C8H18Cm2O2. The van der Waals surface area contributed by atoms with Crippen LogP contribution >= 0.6 is 0 Å². The van der Waals surface area contributed by atoms with Gasteiger partial charge in [-0.05, 0) is 0 Å². The van der Waals surface area contributed by atoms with Crippen LogP contribution in [-0.2, 0) is 10.5 Å². The van der Waals surface area contributed by atoms with Crippen LogP contribution in [0.15, 0.2) is 0 Å². The summed E-state index contributed by atoms with van der Waals surface area (Å²) in [5.74, 6) is 0.748.